The zero-order chi connectivity index (χ0) is 21.1. The summed E-state index contributed by atoms with van der Waals surface area (Å²) in [5.41, 5.74) is 1.26. The molecule has 0 aliphatic heterocycles. The van der Waals surface area contributed by atoms with Crippen molar-refractivity contribution < 1.29 is 17.6 Å². The molecule has 0 radical (unpaired) electrons. The van der Waals surface area contributed by atoms with Crippen molar-refractivity contribution in [2.75, 3.05) is 4.72 Å². The lowest BCUT2D eigenvalue weighted by Crippen LogP contribution is -2.16. The van der Waals surface area contributed by atoms with Gasteiger partial charge in [0, 0.05) is 34.1 Å². The van der Waals surface area contributed by atoms with Crippen molar-refractivity contribution in [3.63, 3.8) is 0 Å². The number of carbonyl (C=O) groups excluding carboxylic acids is 1. The molecule has 4 rings (SSSR count). The van der Waals surface area contributed by atoms with E-state index in [2.05, 4.69) is 14.7 Å². The Morgan fingerprint density at radius 2 is 1.70 bits per heavy atom. The minimum atomic E-state index is -3.96. The summed E-state index contributed by atoms with van der Waals surface area (Å²) >= 11 is 6.05. The first-order valence-corrected chi connectivity index (χ1v) is 10.6. The van der Waals surface area contributed by atoms with Gasteiger partial charge in [0.2, 0.25) is 5.89 Å². The van der Waals surface area contributed by atoms with Crippen molar-refractivity contribution >= 4 is 33.1 Å². The minimum Gasteiger partial charge on any atom is -0.445 e. The highest BCUT2D eigenvalue weighted by molar-refractivity contribution is 7.92. The summed E-state index contributed by atoms with van der Waals surface area (Å²) in [6, 6.07) is 13.5. The number of benzene rings is 2. The van der Waals surface area contributed by atoms with E-state index in [1.807, 2.05) is 0 Å². The standard InChI is InChI=1S/C21H14ClN3O4S/c22-16-3-6-19(18(13-16)20(26)14-7-9-23-10-8-14)25-30(27,28)17-4-1-15(2-5-17)21-24-11-12-29-21/h1-13,25H. The average Bonchev–Trinajstić information content (AvgIpc) is 3.30. The first-order chi connectivity index (χ1) is 14.4. The summed E-state index contributed by atoms with van der Waals surface area (Å²) in [7, 11) is -3.96. The molecule has 2 aromatic carbocycles. The number of nitrogens with one attached hydrogen (secondary N) is 1. The Bertz CT molecular complexity index is 1290. The molecular weight excluding hydrogens is 426 g/mol. The fourth-order valence-corrected chi connectivity index (χ4v) is 4.05. The topological polar surface area (TPSA) is 102 Å². The summed E-state index contributed by atoms with van der Waals surface area (Å²) in [5.74, 6) is 0.00619. The molecule has 0 unspecified atom stereocenters. The van der Waals surface area contributed by atoms with E-state index in [1.165, 1.54) is 55.2 Å². The van der Waals surface area contributed by atoms with Crippen LogP contribution in [0.3, 0.4) is 0 Å². The van der Waals surface area contributed by atoms with Crippen LogP contribution >= 0.6 is 11.6 Å². The Labute approximate surface area is 177 Å². The molecule has 7 nitrogen and oxygen atoms in total. The Morgan fingerprint density at radius 1 is 0.967 bits per heavy atom. The lowest BCUT2D eigenvalue weighted by atomic mass is 10.0. The minimum absolute atomic E-state index is 0.0232. The molecule has 0 atom stereocenters. The van der Waals surface area contributed by atoms with Crippen LogP contribution in [0.4, 0.5) is 5.69 Å². The second kappa shape index (κ2) is 8.10. The third-order valence-corrected chi connectivity index (χ3v) is 5.87. The summed E-state index contributed by atoms with van der Waals surface area (Å²) < 4.78 is 33.5. The third kappa shape index (κ3) is 4.10. The van der Waals surface area contributed by atoms with E-state index < -0.39 is 10.0 Å². The second-order valence-electron chi connectivity index (χ2n) is 6.22. The van der Waals surface area contributed by atoms with Gasteiger partial charge in [-0.1, -0.05) is 11.6 Å². The van der Waals surface area contributed by atoms with E-state index in [0.717, 1.165) is 0 Å². The molecule has 9 heteroatoms. The molecular formula is C21H14ClN3O4S. The number of anilines is 1. The predicted molar refractivity (Wildman–Crippen MR) is 112 cm³/mol. The molecule has 30 heavy (non-hydrogen) atoms. The van der Waals surface area contributed by atoms with Gasteiger partial charge in [0.25, 0.3) is 10.0 Å². The highest BCUT2D eigenvalue weighted by atomic mass is 35.5. The molecule has 0 saturated carbocycles. The molecule has 0 amide bonds. The van der Waals surface area contributed by atoms with Crippen molar-refractivity contribution in [1.82, 2.24) is 9.97 Å². The van der Waals surface area contributed by atoms with Gasteiger partial charge in [-0.2, -0.15) is 0 Å². The van der Waals surface area contributed by atoms with Crippen LogP contribution in [0, 0.1) is 0 Å². The maximum Gasteiger partial charge on any atom is 0.261 e. The van der Waals surface area contributed by atoms with E-state index in [9.17, 15) is 13.2 Å². The lowest BCUT2D eigenvalue weighted by Gasteiger charge is -2.13. The first-order valence-electron chi connectivity index (χ1n) is 8.71. The SMILES string of the molecule is O=C(c1ccncc1)c1cc(Cl)ccc1NS(=O)(=O)c1ccc(-c2ncco2)cc1. The van der Waals surface area contributed by atoms with Crippen molar-refractivity contribution in [2.45, 2.75) is 4.90 Å². The molecule has 0 aliphatic rings. The van der Waals surface area contributed by atoms with Gasteiger partial charge in [-0.3, -0.25) is 14.5 Å². The van der Waals surface area contributed by atoms with Gasteiger partial charge in [0.05, 0.1) is 16.8 Å². The van der Waals surface area contributed by atoms with Gasteiger partial charge < -0.3 is 4.42 Å². The summed E-state index contributed by atoms with van der Waals surface area (Å²) in [6.45, 7) is 0. The summed E-state index contributed by atoms with van der Waals surface area (Å²) in [6.07, 6.45) is 5.90. The highest BCUT2D eigenvalue weighted by Crippen LogP contribution is 2.27. The van der Waals surface area contributed by atoms with E-state index >= 15 is 0 Å². The molecule has 2 aromatic heterocycles. The Kier molecular flexibility index (Phi) is 5.35. The molecule has 2 heterocycles. The lowest BCUT2D eigenvalue weighted by molar-refractivity contribution is 0.103. The quantitative estimate of drug-likeness (QED) is 0.446. The van der Waals surface area contributed by atoms with Gasteiger partial charge in [0.15, 0.2) is 5.78 Å². The molecule has 0 saturated heterocycles. The van der Waals surface area contributed by atoms with E-state index in [1.54, 1.807) is 24.3 Å². The van der Waals surface area contributed by atoms with Crippen LogP contribution in [0.25, 0.3) is 11.5 Å². The normalized spacial score (nSPS) is 11.2. The number of pyridine rings is 1. The van der Waals surface area contributed by atoms with Crippen molar-refractivity contribution in [1.29, 1.82) is 0 Å². The van der Waals surface area contributed by atoms with Crippen molar-refractivity contribution in [2.24, 2.45) is 0 Å². The Balaban J connectivity index is 1.66. The number of carbonyl (C=O) groups is 1. The molecule has 0 bridgehead atoms. The van der Waals surface area contributed by atoms with E-state index in [4.69, 9.17) is 16.0 Å². The number of ketones is 1. The van der Waals surface area contributed by atoms with Crippen LogP contribution in [0.5, 0.6) is 0 Å². The van der Waals surface area contributed by atoms with Gasteiger partial charge in [-0.15, -0.1) is 0 Å². The number of sulfonamides is 1. The van der Waals surface area contributed by atoms with Crippen LogP contribution in [0.15, 0.2) is 88.8 Å². The summed E-state index contributed by atoms with van der Waals surface area (Å²) in [5, 5.41) is 0.311. The van der Waals surface area contributed by atoms with Crippen LogP contribution in [-0.2, 0) is 10.0 Å². The fourth-order valence-electron chi connectivity index (χ4n) is 2.80. The number of hydrogen-bond acceptors (Lipinski definition) is 6. The molecule has 150 valence electrons. The van der Waals surface area contributed by atoms with Crippen LogP contribution < -0.4 is 4.72 Å². The molecule has 1 N–H and O–H groups in total. The second-order valence-corrected chi connectivity index (χ2v) is 8.34. The van der Waals surface area contributed by atoms with Gasteiger partial charge >= 0.3 is 0 Å². The number of aromatic nitrogens is 2. The predicted octanol–water partition coefficient (Wildman–Crippen LogP) is 4.42. The van der Waals surface area contributed by atoms with Crippen molar-refractivity contribution in [3.05, 3.63) is 95.6 Å². The maximum absolute atomic E-state index is 12.9. The van der Waals surface area contributed by atoms with Gasteiger partial charge in [-0.25, -0.2) is 13.4 Å². The number of rotatable bonds is 6. The van der Waals surface area contributed by atoms with Crippen molar-refractivity contribution in [3.8, 4) is 11.5 Å². The molecule has 0 aliphatic carbocycles. The van der Waals surface area contributed by atoms with Gasteiger partial charge in [-0.05, 0) is 54.6 Å². The number of hydrogen-bond donors (Lipinski definition) is 1. The summed E-state index contributed by atoms with van der Waals surface area (Å²) in [4.78, 5) is 20.8. The molecule has 0 fully saturated rings. The fraction of sp³-hybridized carbons (Fsp3) is 0. The number of nitrogens with zero attached hydrogens (tertiary/aromatic N) is 2. The van der Waals surface area contributed by atoms with Crippen LogP contribution in [0.1, 0.15) is 15.9 Å². The smallest absolute Gasteiger partial charge is 0.261 e. The Morgan fingerprint density at radius 3 is 2.37 bits per heavy atom. The molecule has 4 aromatic rings. The maximum atomic E-state index is 12.9. The van der Waals surface area contributed by atoms with Crippen LogP contribution in [-0.4, -0.2) is 24.2 Å². The number of oxazole rings is 1. The highest BCUT2D eigenvalue weighted by Gasteiger charge is 2.20. The van der Waals surface area contributed by atoms with Crippen LogP contribution in [0.2, 0.25) is 5.02 Å². The zero-order valence-corrected chi connectivity index (χ0v) is 16.9. The van der Waals surface area contributed by atoms with Gasteiger partial charge in [0.1, 0.15) is 6.26 Å². The van der Waals surface area contributed by atoms with E-state index in [-0.39, 0.29) is 21.9 Å². The largest absolute Gasteiger partial charge is 0.445 e. The zero-order valence-electron chi connectivity index (χ0n) is 15.3. The number of halogens is 1. The van der Waals surface area contributed by atoms with E-state index in [0.29, 0.717) is 22.0 Å². The Hall–Kier alpha value is -3.49. The average molecular weight is 440 g/mol. The monoisotopic (exact) mass is 439 g/mol. The first kappa shape index (κ1) is 19.8. The molecule has 0 spiro atoms. The third-order valence-electron chi connectivity index (χ3n) is 4.26.